The number of rotatable bonds is 6. The van der Waals surface area contributed by atoms with Gasteiger partial charge in [-0.15, -0.1) is 0 Å². The second-order valence-electron chi connectivity index (χ2n) is 5.57. The number of nitrogens with zero attached hydrogens (tertiary/aromatic N) is 1. The van der Waals surface area contributed by atoms with Gasteiger partial charge in [0, 0.05) is 0 Å². The molecule has 7 heteroatoms. The van der Waals surface area contributed by atoms with Crippen LogP contribution in [0, 0.1) is 17.2 Å². The lowest BCUT2D eigenvalue weighted by atomic mass is 9.98. The molecule has 2 N–H and O–H groups in total. The first-order valence-corrected chi connectivity index (χ1v) is 7.16. The third-order valence-corrected chi connectivity index (χ3v) is 3.80. The van der Waals surface area contributed by atoms with Gasteiger partial charge in [0.1, 0.15) is 11.1 Å². The average molecular weight is 318 g/mol. The Morgan fingerprint density at radius 2 is 2.17 bits per heavy atom. The summed E-state index contributed by atoms with van der Waals surface area (Å²) in [6.45, 7) is 1.12. The van der Waals surface area contributed by atoms with Crippen LogP contribution in [0.2, 0.25) is 0 Å². The van der Waals surface area contributed by atoms with E-state index in [4.69, 9.17) is 9.47 Å². The van der Waals surface area contributed by atoms with Crippen molar-refractivity contribution in [3.63, 3.8) is 0 Å². The van der Waals surface area contributed by atoms with Gasteiger partial charge in [-0.1, -0.05) is 6.07 Å². The molecule has 1 amide bonds. The van der Waals surface area contributed by atoms with E-state index in [9.17, 15) is 20.0 Å². The van der Waals surface area contributed by atoms with Gasteiger partial charge in [0.15, 0.2) is 18.1 Å². The van der Waals surface area contributed by atoms with Gasteiger partial charge in [-0.05, 0) is 37.8 Å². The van der Waals surface area contributed by atoms with Crippen LogP contribution in [0.5, 0.6) is 11.5 Å². The van der Waals surface area contributed by atoms with Gasteiger partial charge in [0.25, 0.3) is 5.91 Å². The van der Waals surface area contributed by atoms with Gasteiger partial charge in [-0.3, -0.25) is 4.79 Å². The van der Waals surface area contributed by atoms with E-state index in [0.717, 1.165) is 12.8 Å². The summed E-state index contributed by atoms with van der Waals surface area (Å²) in [6, 6.07) is 6.46. The van der Waals surface area contributed by atoms with Gasteiger partial charge in [-0.25, -0.2) is 4.79 Å². The fourth-order valence-corrected chi connectivity index (χ4v) is 2.27. The number of carbonyl (C=O) groups is 2. The molecule has 1 saturated carbocycles. The van der Waals surface area contributed by atoms with E-state index < -0.39 is 24.0 Å². The molecular formula is C16H18N2O5. The second kappa shape index (κ2) is 6.57. The second-order valence-corrected chi connectivity index (χ2v) is 5.57. The molecule has 1 fully saturated rings. The third-order valence-electron chi connectivity index (χ3n) is 3.80. The van der Waals surface area contributed by atoms with Crippen molar-refractivity contribution in [1.29, 1.82) is 5.26 Å². The number of nitriles is 1. The largest absolute Gasteiger partial charge is 0.504 e. The SMILES string of the molecule is COc1cccc(C(=O)OCC(=O)NC(C)(C#N)C2CC2)c1O. The van der Waals surface area contributed by atoms with Crippen molar-refractivity contribution >= 4 is 11.9 Å². The molecule has 0 aromatic heterocycles. The maximum Gasteiger partial charge on any atom is 0.342 e. The molecule has 1 aromatic rings. The highest BCUT2D eigenvalue weighted by molar-refractivity contribution is 5.94. The first-order chi connectivity index (χ1) is 10.9. The Bertz CT molecular complexity index is 663. The summed E-state index contributed by atoms with van der Waals surface area (Å²) in [5.74, 6) is -1.48. The van der Waals surface area contributed by atoms with E-state index in [1.807, 2.05) is 0 Å². The number of hydrogen-bond donors (Lipinski definition) is 2. The number of phenols is 1. The van der Waals surface area contributed by atoms with Crippen LogP contribution in [0.3, 0.4) is 0 Å². The maximum atomic E-state index is 11.9. The molecule has 1 aromatic carbocycles. The highest BCUT2D eigenvalue weighted by atomic mass is 16.5. The molecule has 0 spiro atoms. The zero-order valence-electron chi connectivity index (χ0n) is 13.0. The van der Waals surface area contributed by atoms with Gasteiger partial charge in [-0.2, -0.15) is 5.26 Å². The Hall–Kier alpha value is -2.75. The zero-order chi connectivity index (χ0) is 17.0. The van der Waals surface area contributed by atoms with Crippen molar-refractivity contribution in [3.8, 4) is 17.6 Å². The molecule has 122 valence electrons. The third kappa shape index (κ3) is 3.72. The number of aromatic hydroxyl groups is 1. The summed E-state index contributed by atoms with van der Waals surface area (Å²) in [4.78, 5) is 23.8. The first-order valence-electron chi connectivity index (χ1n) is 7.16. The van der Waals surface area contributed by atoms with Crippen molar-refractivity contribution in [2.24, 2.45) is 5.92 Å². The van der Waals surface area contributed by atoms with Crippen molar-refractivity contribution in [2.75, 3.05) is 13.7 Å². The minimum atomic E-state index is -0.943. The van der Waals surface area contributed by atoms with Crippen LogP contribution in [0.25, 0.3) is 0 Å². The van der Waals surface area contributed by atoms with Crippen LogP contribution in [0.1, 0.15) is 30.1 Å². The van der Waals surface area contributed by atoms with E-state index in [1.165, 1.54) is 25.3 Å². The van der Waals surface area contributed by atoms with Crippen molar-refractivity contribution in [3.05, 3.63) is 23.8 Å². The lowest BCUT2D eigenvalue weighted by Crippen LogP contribution is -2.48. The Morgan fingerprint density at radius 1 is 1.48 bits per heavy atom. The highest BCUT2D eigenvalue weighted by Crippen LogP contribution is 2.39. The maximum absolute atomic E-state index is 11.9. The van der Waals surface area contributed by atoms with Crippen LogP contribution in [-0.2, 0) is 9.53 Å². The zero-order valence-corrected chi connectivity index (χ0v) is 13.0. The van der Waals surface area contributed by atoms with Gasteiger partial charge < -0.3 is 19.9 Å². The molecule has 1 unspecified atom stereocenters. The molecule has 2 rings (SSSR count). The van der Waals surface area contributed by atoms with Crippen LogP contribution in [0.4, 0.5) is 0 Å². The van der Waals surface area contributed by atoms with Crippen molar-refractivity contribution in [2.45, 2.75) is 25.3 Å². The van der Waals surface area contributed by atoms with Gasteiger partial charge >= 0.3 is 5.97 Å². The molecule has 0 radical (unpaired) electrons. The number of benzene rings is 1. The number of esters is 1. The van der Waals surface area contributed by atoms with Crippen LogP contribution < -0.4 is 10.1 Å². The topological polar surface area (TPSA) is 109 Å². The molecule has 0 aliphatic heterocycles. The number of amides is 1. The molecule has 23 heavy (non-hydrogen) atoms. The van der Waals surface area contributed by atoms with E-state index >= 15 is 0 Å². The number of carbonyl (C=O) groups excluding carboxylic acids is 2. The lowest BCUT2D eigenvalue weighted by Gasteiger charge is -2.22. The van der Waals surface area contributed by atoms with E-state index in [-0.39, 0.29) is 23.0 Å². The van der Waals surface area contributed by atoms with Crippen LogP contribution in [0.15, 0.2) is 18.2 Å². The highest BCUT2D eigenvalue weighted by Gasteiger charge is 2.43. The quantitative estimate of drug-likeness (QED) is 0.767. The summed E-state index contributed by atoms with van der Waals surface area (Å²) in [6.07, 6.45) is 1.78. The molecule has 0 heterocycles. The Labute approximate surface area is 133 Å². The van der Waals surface area contributed by atoms with Crippen LogP contribution >= 0.6 is 0 Å². The predicted molar refractivity (Wildman–Crippen MR) is 79.8 cm³/mol. The number of hydrogen-bond acceptors (Lipinski definition) is 6. The summed E-state index contributed by atoms with van der Waals surface area (Å²) in [5.41, 5.74) is -1.04. The Morgan fingerprint density at radius 3 is 2.74 bits per heavy atom. The molecule has 1 aliphatic carbocycles. The Kier molecular flexibility index (Phi) is 4.74. The molecule has 1 aliphatic rings. The normalized spacial score (nSPS) is 15.9. The molecule has 0 bridgehead atoms. The smallest absolute Gasteiger partial charge is 0.342 e. The lowest BCUT2D eigenvalue weighted by molar-refractivity contribution is -0.125. The molecule has 0 saturated heterocycles. The summed E-state index contributed by atoms with van der Waals surface area (Å²) in [7, 11) is 1.36. The summed E-state index contributed by atoms with van der Waals surface area (Å²) < 4.78 is 9.79. The molecule has 1 atom stereocenters. The first kappa shape index (κ1) is 16.6. The van der Waals surface area contributed by atoms with Crippen molar-refractivity contribution in [1.82, 2.24) is 5.32 Å². The Balaban J connectivity index is 1.94. The summed E-state index contributed by atoms with van der Waals surface area (Å²) in [5, 5.41) is 21.6. The van der Waals surface area contributed by atoms with Gasteiger partial charge in [0.2, 0.25) is 0 Å². The van der Waals surface area contributed by atoms with E-state index in [0.29, 0.717) is 0 Å². The molecule has 7 nitrogen and oxygen atoms in total. The number of para-hydroxylation sites is 1. The number of methoxy groups -OCH3 is 1. The minimum Gasteiger partial charge on any atom is -0.504 e. The fraction of sp³-hybridized carbons (Fsp3) is 0.438. The summed E-state index contributed by atoms with van der Waals surface area (Å²) >= 11 is 0. The number of ether oxygens (including phenoxy) is 2. The number of nitrogens with one attached hydrogen (secondary N) is 1. The standard InChI is InChI=1S/C16H18N2O5/c1-16(9-17,10-6-7-10)18-13(19)8-23-15(21)11-4-3-5-12(22-2)14(11)20/h3-5,10,20H,6-8H2,1-2H3,(H,18,19). The predicted octanol–water partition coefficient (Wildman–Crippen LogP) is 1.37. The average Bonchev–Trinajstić information content (AvgIpc) is 3.38. The van der Waals surface area contributed by atoms with Crippen molar-refractivity contribution < 1.29 is 24.2 Å². The van der Waals surface area contributed by atoms with Gasteiger partial charge in [0.05, 0.1) is 13.2 Å². The van der Waals surface area contributed by atoms with Crippen LogP contribution in [-0.4, -0.2) is 36.2 Å². The van der Waals surface area contributed by atoms with E-state index in [2.05, 4.69) is 11.4 Å². The minimum absolute atomic E-state index is 0.0950. The number of phenolic OH excluding ortho intramolecular Hbond substituents is 1. The van der Waals surface area contributed by atoms with E-state index in [1.54, 1.807) is 6.92 Å². The monoisotopic (exact) mass is 318 g/mol. The fourth-order valence-electron chi connectivity index (χ4n) is 2.27. The molecular weight excluding hydrogens is 300 g/mol.